The molecule has 9 heteroatoms. The number of aliphatic carboxylic acids is 1. The van der Waals surface area contributed by atoms with Gasteiger partial charge in [-0.1, -0.05) is 19.1 Å². The highest BCUT2D eigenvalue weighted by Gasteiger charge is 1.98. The molecule has 1 rings (SSSR count). The van der Waals surface area contributed by atoms with Crippen molar-refractivity contribution in [2.24, 2.45) is 0 Å². The van der Waals surface area contributed by atoms with Crippen LogP contribution in [-0.4, -0.2) is 90.3 Å². The lowest BCUT2D eigenvalue weighted by Crippen LogP contribution is -2.14. The summed E-state index contributed by atoms with van der Waals surface area (Å²) in [6, 6.07) is 8.04. The molecular formula is C22H37NO8. The first-order valence-corrected chi connectivity index (χ1v) is 10.7. The molecule has 0 radical (unpaired) electrons. The van der Waals surface area contributed by atoms with E-state index in [4.69, 9.17) is 33.5 Å². The number of carboxylic acids is 1. The number of benzene rings is 1. The second kappa shape index (κ2) is 20.2. The van der Waals surface area contributed by atoms with Gasteiger partial charge in [-0.05, 0) is 24.2 Å². The van der Waals surface area contributed by atoms with Crippen molar-refractivity contribution in [3.05, 3.63) is 29.8 Å². The number of nitrogens with one attached hydrogen (secondary N) is 1. The predicted octanol–water partition coefficient (Wildman–Crippen LogP) is 1.73. The summed E-state index contributed by atoms with van der Waals surface area (Å²) < 4.78 is 32.4. The number of carbonyl (C=O) groups is 1. The lowest BCUT2D eigenvalue weighted by Gasteiger charge is -2.09. The Morgan fingerprint density at radius 1 is 0.806 bits per heavy atom. The maximum absolute atomic E-state index is 10.3. The lowest BCUT2D eigenvalue weighted by molar-refractivity contribution is -0.138. The first kappa shape index (κ1) is 27.3. The molecule has 0 spiro atoms. The molecule has 0 heterocycles. The molecule has 0 aromatic heterocycles. The van der Waals surface area contributed by atoms with Crippen LogP contribution in [0, 0.1) is 0 Å². The van der Waals surface area contributed by atoms with Crippen molar-refractivity contribution in [3.8, 4) is 5.75 Å². The minimum atomic E-state index is -0.866. The van der Waals surface area contributed by atoms with E-state index in [2.05, 4.69) is 18.3 Å². The average molecular weight is 444 g/mol. The summed E-state index contributed by atoms with van der Waals surface area (Å²) in [5.74, 6) is -0.0171. The monoisotopic (exact) mass is 443 g/mol. The third kappa shape index (κ3) is 17.6. The van der Waals surface area contributed by atoms with Crippen molar-refractivity contribution in [2.45, 2.75) is 19.9 Å². The predicted molar refractivity (Wildman–Crippen MR) is 116 cm³/mol. The molecule has 1 aromatic rings. The summed E-state index contributed by atoms with van der Waals surface area (Å²) in [7, 11) is 0. The van der Waals surface area contributed by atoms with Crippen LogP contribution in [0.3, 0.4) is 0 Å². The fourth-order valence-corrected chi connectivity index (χ4v) is 2.37. The molecule has 0 aliphatic heterocycles. The van der Waals surface area contributed by atoms with E-state index in [-0.39, 0.29) is 13.0 Å². The van der Waals surface area contributed by atoms with E-state index in [1.54, 1.807) is 0 Å². The zero-order chi connectivity index (χ0) is 22.4. The highest BCUT2D eigenvalue weighted by molar-refractivity contribution is 5.66. The van der Waals surface area contributed by atoms with Gasteiger partial charge in [0.05, 0.1) is 72.5 Å². The quantitative estimate of drug-likeness (QED) is 0.259. The first-order valence-electron chi connectivity index (χ1n) is 10.7. The molecule has 0 aliphatic rings. The Bertz CT molecular complexity index is 558. The number of hydrogen-bond donors (Lipinski definition) is 2. The van der Waals surface area contributed by atoms with Crippen molar-refractivity contribution in [3.63, 3.8) is 0 Å². The van der Waals surface area contributed by atoms with Crippen LogP contribution in [0.1, 0.15) is 18.9 Å². The Morgan fingerprint density at radius 2 is 1.32 bits per heavy atom. The van der Waals surface area contributed by atoms with Crippen LogP contribution in [-0.2, 0) is 35.0 Å². The van der Waals surface area contributed by atoms with Gasteiger partial charge >= 0.3 is 5.97 Å². The van der Waals surface area contributed by atoms with Gasteiger partial charge in [-0.15, -0.1) is 0 Å². The van der Waals surface area contributed by atoms with Crippen LogP contribution >= 0.6 is 0 Å². The minimum Gasteiger partial charge on any atom is -0.491 e. The van der Waals surface area contributed by atoms with E-state index < -0.39 is 5.97 Å². The molecule has 0 saturated carbocycles. The topological polar surface area (TPSA) is 105 Å². The largest absolute Gasteiger partial charge is 0.491 e. The second-order valence-electron chi connectivity index (χ2n) is 6.48. The number of carboxylic acid groups (broad SMARTS) is 1. The number of ether oxygens (including phenoxy) is 6. The summed E-state index contributed by atoms with van der Waals surface area (Å²) >= 11 is 0. The van der Waals surface area contributed by atoms with Crippen molar-refractivity contribution < 1.29 is 38.3 Å². The number of hydrogen-bond acceptors (Lipinski definition) is 8. The Kier molecular flexibility index (Phi) is 17.8. The van der Waals surface area contributed by atoms with Crippen molar-refractivity contribution >= 4 is 5.97 Å². The summed E-state index contributed by atoms with van der Waals surface area (Å²) in [5, 5.41) is 11.7. The Morgan fingerprint density at radius 3 is 1.84 bits per heavy atom. The van der Waals surface area contributed by atoms with E-state index in [0.29, 0.717) is 66.1 Å². The Hall–Kier alpha value is -1.75. The lowest BCUT2D eigenvalue weighted by atomic mass is 10.2. The standard InChI is InChI=1S/C22H37NO8/c1-2-23-19-20-4-3-5-21(18-20)31-17-16-30-15-14-29-13-12-28-11-10-27-9-8-26-7-6-22(24)25/h3-5,18,23H,2,6-17,19H2,1H3,(H,24,25). The van der Waals surface area contributed by atoms with E-state index >= 15 is 0 Å². The van der Waals surface area contributed by atoms with Gasteiger partial charge < -0.3 is 38.8 Å². The fourth-order valence-electron chi connectivity index (χ4n) is 2.37. The molecular weight excluding hydrogens is 406 g/mol. The fraction of sp³-hybridized carbons (Fsp3) is 0.682. The molecule has 9 nitrogen and oxygen atoms in total. The van der Waals surface area contributed by atoms with Crippen molar-refractivity contribution in [1.29, 1.82) is 0 Å². The second-order valence-corrected chi connectivity index (χ2v) is 6.48. The van der Waals surface area contributed by atoms with Crippen LogP contribution in [0.4, 0.5) is 0 Å². The Balaban J connectivity index is 1.79. The van der Waals surface area contributed by atoms with Gasteiger partial charge in [0.25, 0.3) is 0 Å². The maximum atomic E-state index is 10.3. The SMILES string of the molecule is CCNCc1cccc(OCCOCCOCCOCCOCCOCCC(=O)O)c1. The van der Waals surface area contributed by atoms with E-state index in [1.165, 1.54) is 5.56 Å². The summed E-state index contributed by atoms with van der Waals surface area (Å²) in [6.07, 6.45) is 0.00761. The molecule has 1 aromatic carbocycles. The van der Waals surface area contributed by atoms with E-state index in [1.807, 2.05) is 18.2 Å². The van der Waals surface area contributed by atoms with Crippen LogP contribution < -0.4 is 10.1 Å². The molecule has 0 bridgehead atoms. The van der Waals surface area contributed by atoms with Gasteiger partial charge in [0, 0.05) is 6.54 Å². The normalized spacial score (nSPS) is 11.0. The van der Waals surface area contributed by atoms with Gasteiger partial charge in [-0.25, -0.2) is 0 Å². The van der Waals surface area contributed by atoms with Gasteiger partial charge in [0.1, 0.15) is 12.4 Å². The van der Waals surface area contributed by atoms with Crippen LogP contribution in [0.2, 0.25) is 0 Å². The molecule has 31 heavy (non-hydrogen) atoms. The average Bonchev–Trinajstić information content (AvgIpc) is 2.77. The van der Waals surface area contributed by atoms with Crippen molar-refractivity contribution in [1.82, 2.24) is 5.32 Å². The van der Waals surface area contributed by atoms with Gasteiger partial charge in [-0.3, -0.25) is 4.79 Å². The number of rotatable bonds is 22. The highest BCUT2D eigenvalue weighted by atomic mass is 16.6. The summed E-state index contributed by atoms with van der Waals surface area (Å²) in [5.41, 5.74) is 1.20. The first-order chi connectivity index (χ1) is 15.2. The third-order valence-corrected chi connectivity index (χ3v) is 3.92. The van der Waals surface area contributed by atoms with Crippen LogP contribution in [0.5, 0.6) is 5.75 Å². The zero-order valence-corrected chi connectivity index (χ0v) is 18.5. The van der Waals surface area contributed by atoms with E-state index in [9.17, 15) is 4.79 Å². The van der Waals surface area contributed by atoms with Gasteiger partial charge in [0.15, 0.2) is 0 Å². The van der Waals surface area contributed by atoms with Gasteiger partial charge in [-0.2, -0.15) is 0 Å². The summed E-state index contributed by atoms with van der Waals surface area (Å²) in [6.45, 7) is 8.81. The minimum absolute atomic E-state index is 0.00761. The highest BCUT2D eigenvalue weighted by Crippen LogP contribution is 2.13. The Labute approximate surface area is 184 Å². The molecule has 0 fully saturated rings. The molecule has 0 aliphatic carbocycles. The van der Waals surface area contributed by atoms with Gasteiger partial charge in [0.2, 0.25) is 0 Å². The van der Waals surface area contributed by atoms with Crippen molar-refractivity contribution in [2.75, 3.05) is 79.2 Å². The zero-order valence-electron chi connectivity index (χ0n) is 18.5. The molecule has 2 N–H and O–H groups in total. The smallest absolute Gasteiger partial charge is 0.305 e. The molecule has 0 saturated heterocycles. The maximum Gasteiger partial charge on any atom is 0.305 e. The third-order valence-electron chi connectivity index (χ3n) is 3.92. The van der Waals surface area contributed by atoms with E-state index in [0.717, 1.165) is 18.8 Å². The summed E-state index contributed by atoms with van der Waals surface area (Å²) in [4.78, 5) is 10.3. The molecule has 0 atom stereocenters. The molecule has 178 valence electrons. The molecule has 0 amide bonds. The van der Waals surface area contributed by atoms with Crippen LogP contribution in [0.25, 0.3) is 0 Å². The van der Waals surface area contributed by atoms with Crippen LogP contribution in [0.15, 0.2) is 24.3 Å². The molecule has 0 unspecified atom stereocenters.